The molecule has 4 aromatic carbocycles. The summed E-state index contributed by atoms with van der Waals surface area (Å²) in [6.45, 7) is 0. The first-order chi connectivity index (χ1) is 15.5. The molecule has 0 radical (unpaired) electrons. The van der Waals surface area contributed by atoms with Gasteiger partial charge in [0.2, 0.25) is 0 Å². The van der Waals surface area contributed by atoms with Crippen molar-refractivity contribution >= 4 is 35.0 Å². The fourth-order valence-electron chi connectivity index (χ4n) is 3.46. The standard InChI is InChI=1S/2C14H12O2.Mg/c2*15-14(16)10-12-8-4-5-9-13(12)11-6-2-1-3-7-11;/h2*1-9H,10H2,(H,15,16);/q;;+2/p-2. The van der Waals surface area contributed by atoms with Crippen LogP contribution >= 0.6 is 0 Å². The van der Waals surface area contributed by atoms with Gasteiger partial charge in [0.15, 0.2) is 0 Å². The van der Waals surface area contributed by atoms with E-state index in [0.717, 1.165) is 33.4 Å². The number of hydrogen-bond acceptors (Lipinski definition) is 4. The Morgan fingerprint density at radius 1 is 0.485 bits per heavy atom. The summed E-state index contributed by atoms with van der Waals surface area (Å²) in [5, 5.41) is 21.3. The zero-order chi connectivity index (χ0) is 22.8. The molecule has 0 aliphatic carbocycles. The van der Waals surface area contributed by atoms with Crippen molar-refractivity contribution in [2.45, 2.75) is 12.8 Å². The van der Waals surface area contributed by atoms with E-state index in [0.29, 0.717) is 0 Å². The van der Waals surface area contributed by atoms with Gasteiger partial charge < -0.3 is 19.8 Å². The summed E-state index contributed by atoms with van der Waals surface area (Å²) in [7, 11) is 0. The molecule has 0 heterocycles. The monoisotopic (exact) mass is 446 g/mol. The number of carbonyl (C=O) groups excluding carboxylic acids is 2. The zero-order valence-electron chi connectivity index (χ0n) is 18.1. The van der Waals surface area contributed by atoms with Crippen LogP contribution in [0.15, 0.2) is 109 Å². The van der Waals surface area contributed by atoms with Gasteiger partial charge in [0, 0.05) is 24.8 Å². The Morgan fingerprint density at radius 3 is 1.12 bits per heavy atom. The molecule has 0 amide bonds. The maximum absolute atomic E-state index is 10.6. The summed E-state index contributed by atoms with van der Waals surface area (Å²) in [6.07, 6.45) is -0.101. The molecule has 0 atom stereocenters. The number of benzene rings is 4. The van der Waals surface area contributed by atoms with Crippen LogP contribution in [0, 0.1) is 0 Å². The smallest absolute Gasteiger partial charge is 0.550 e. The van der Waals surface area contributed by atoms with Crippen molar-refractivity contribution in [1.82, 2.24) is 0 Å². The van der Waals surface area contributed by atoms with Gasteiger partial charge in [-0.25, -0.2) is 0 Å². The van der Waals surface area contributed by atoms with E-state index in [2.05, 4.69) is 0 Å². The third-order valence-corrected chi connectivity index (χ3v) is 4.87. The predicted molar refractivity (Wildman–Crippen MR) is 127 cm³/mol. The summed E-state index contributed by atoms with van der Waals surface area (Å²) in [4.78, 5) is 21.3. The number of rotatable bonds is 6. The Bertz CT molecular complexity index is 1080. The molecular weight excluding hydrogens is 425 g/mol. The second-order valence-electron chi connectivity index (χ2n) is 7.14. The minimum absolute atomic E-state index is 0. The summed E-state index contributed by atoms with van der Waals surface area (Å²) in [5.74, 6) is -2.10. The van der Waals surface area contributed by atoms with Gasteiger partial charge in [0.1, 0.15) is 0 Å². The van der Waals surface area contributed by atoms with Gasteiger partial charge in [-0.1, -0.05) is 109 Å². The quantitative estimate of drug-likeness (QED) is 0.427. The molecule has 0 aromatic heterocycles. The fourth-order valence-corrected chi connectivity index (χ4v) is 3.46. The molecule has 0 aliphatic heterocycles. The molecule has 4 aromatic rings. The largest absolute Gasteiger partial charge is 2.00 e. The van der Waals surface area contributed by atoms with Crippen LogP contribution in [0.25, 0.3) is 22.3 Å². The first kappa shape index (κ1) is 25.8. The third kappa shape index (κ3) is 7.90. The number of hydrogen-bond donors (Lipinski definition) is 0. The maximum atomic E-state index is 10.6. The number of carbonyl (C=O) groups is 2. The van der Waals surface area contributed by atoms with E-state index in [9.17, 15) is 19.8 Å². The van der Waals surface area contributed by atoms with Crippen molar-refractivity contribution < 1.29 is 19.8 Å². The van der Waals surface area contributed by atoms with Crippen molar-refractivity contribution in [3.8, 4) is 22.3 Å². The fraction of sp³-hybridized carbons (Fsp3) is 0.0714. The first-order valence-corrected chi connectivity index (χ1v) is 10.2. The molecule has 160 valence electrons. The van der Waals surface area contributed by atoms with Crippen LogP contribution in [0.3, 0.4) is 0 Å². The minimum atomic E-state index is -1.05. The maximum Gasteiger partial charge on any atom is 2.00 e. The summed E-state index contributed by atoms with van der Waals surface area (Å²) in [5.41, 5.74) is 5.53. The topological polar surface area (TPSA) is 80.3 Å². The molecule has 0 fully saturated rings. The molecule has 0 bridgehead atoms. The molecule has 4 nitrogen and oxygen atoms in total. The Hall–Kier alpha value is -3.41. The SMILES string of the molecule is O=C([O-])Cc1ccccc1-c1ccccc1.O=C([O-])Cc1ccccc1-c1ccccc1.[Mg+2]. The van der Waals surface area contributed by atoms with Gasteiger partial charge in [-0.05, 0) is 33.4 Å². The van der Waals surface area contributed by atoms with Crippen LogP contribution in [0.2, 0.25) is 0 Å². The van der Waals surface area contributed by atoms with E-state index in [4.69, 9.17) is 0 Å². The van der Waals surface area contributed by atoms with Gasteiger partial charge in [-0.15, -0.1) is 0 Å². The molecule has 0 aliphatic rings. The second-order valence-corrected chi connectivity index (χ2v) is 7.14. The Balaban J connectivity index is 0.000000227. The van der Waals surface area contributed by atoms with E-state index in [1.54, 1.807) is 0 Å². The molecule has 0 unspecified atom stereocenters. The van der Waals surface area contributed by atoms with Gasteiger partial charge in [-0.3, -0.25) is 0 Å². The van der Waals surface area contributed by atoms with Gasteiger partial charge in [0.25, 0.3) is 0 Å². The molecule has 33 heavy (non-hydrogen) atoms. The van der Waals surface area contributed by atoms with Gasteiger partial charge in [0.05, 0.1) is 0 Å². The second kappa shape index (κ2) is 13.2. The summed E-state index contributed by atoms with van der Waals surface area (Å²) >= 11 is 0. The van der Waals surface area contributed by atoms with E-state index in [-0.39, 0.29) is 35.9 Å². The first-order valence-electron chi connectivity index (χ1n) is 10.2. The van der Waals surface area contributed by atoms with Gasteiger partial charge >= 0.3 is 23.1 Å². The van der Waals surface area contributed by atoms with Crippen molar-refractivity contribution in [3.63, 3.8) is 0 Å². The van der Waals surface area contributed by atoms with Crippen molar-refractivity contribution in [2.24, 2.45) is 0 Å². The van der Waals surface area contributed by atoms with Crippen LogP contribution in [-0.4, -0.2) is 35.0 Å². The number of carboxylic acid groups (broad SMARTS) is 2. The van der Waals surface area contributed by atoms with Crippen LogP contribution in [0.1, 0.15) is 11.1 Å². The predicted octanol–water partition coefficient (Wildman–Crippen LogP) is 2.91. The average Bonchev–Trinajstić information content (AvgIpc) is 2.81. The minimum Gasteiger partial charge on any atom is -0.550 e. The van der Waals surface area contributed by atoms with Crippen molar-refractivity contribution in [2.75, 3.05) is 0 Å². The summed E-state index contributed by atoms with van der Waals surface area (Å²) in [6, 6.07) is 34.4. The molecule has 0 N–H and O–H groups in total. The van der Waals surface area contributed by atoms with Crippen LogP contribution in [-0.2, 0) is 22.4 Å². The molecule has 5 heteroatoms. The van der Waals surface area contributed by atoms with E-state index in [1.165, 1.54) is 0 Å². The zero-order valence-corrected chi connectivity index (χ0v) is 19.6. The number of carboxylic acids is 2. The summed E-state index contributed by atoms with van der Waals surface area (Å²) < 4.78 is 0. The van der Waals surface area contributed by atoms with Crippen LogP contribution in [0.4, 0.5) is 0 Å². The molecular formula is C28H22MgO4. The molecule has 0 saturated carbocycles. The Labute approximate surface area is 209 Å². The van der Waals surface area contributed by atoms with Crippen molar-refractivity contribution in [3.05, 3.63) is 120 Å². The van der Waals surface area contributed by atoms with E-state index in [1.807, 2.05) is 109 Å². The molecule has 0 spiro atoms. The normalized spacial score (nSPS) is 9.70. The Morgan fingerprint density at radius 2 is 0.788 bits per heavy atom. The van der Waals surface area contributed by atoms with Crippen LogP contribution < -0.4 is 10.2 Å². The van der Waals surface area contributed by atoms with Crippen LogP contribution in [0.5, 0.6) is 0 Å². The number of aliphatic carboxylic acids is 2. The van der Waals surface area contributed by atoms with E-state index < -0.39 is 11.9 Å². The third-order valence-electron chi connectivity index (χ3n) is 4.87. The molecule has 4 rings (SSSR count). The average molecular weight is 447 g/mol. The Kier molecular flexibility index (Phi) is 10.3. The van der Waals surface area contributed by atoms with Gasteiger partial charge in [-0.2, -0.15) is 0 Å². The van der Waals surface area contributed by atoms with Crippen molar-refractivity contribution in [1.29, 1.82) is 0 Å². The molecule has 0 saturated heterocycles. The van der Waals surface area contributed by atoms with E-state index >= 15 is 0 Å².